The number of amides is 2. The SMILES string of the molecule is CCOC(=O)CC(C)N(CC(N)=O)CC(N)=O. The molecule has 0 aromatic heterocycles. The van der Waals surface area contributed by atoms with E-state index in [4.69, 9.17) is 16.2 Å². The van der Waals surface area contributed by atoms with Gasteiger partial charge in [0.2, 0.25) is 11.8 Å². The molecule has 7 nitrogen and oxygen atoms in total. The second kappa shape index (κ2) is 7.61. The highest BCUT2D eigenvalue weighted by atomic mass is 16.5. The van der Waals surface area contributed by atoms with Gasteiger partial charge in [0.1, 0.15) is 0 Å². The molecule has 0 aromatic carbocycles. The fourth-order valence-corrected chi connectivity index (χ4v) is 1.36. The number of primary amides is 2. The molecule has 0 saturated heterocycles. The van der Waals surface area contributed by atoms with Crippen molar-refractivity contribution in [1.29, 1.82) is 0 Å². The number of hydrogen-bond donors (Lipinski definition) is 2. The summed E-state index contributed by atoms with van der Waals surface area (Å²) in [6.45, 7) is 3.44. The average molecular weight is 245 g/mol. The lowest BCUT2D eigenvalue weighted by Crippen LogP contribution is -2.45. The first-order chi connectivity index (χ1) is 7.86. The van der Waals surface area contributed by atoms with Crippen LogP contribution in [0.1, 0.15) is 20.3 Å². The molecule has 1 unspecified atom stereocenters. The van der Waals surface area contributed by atoms with Crippen molar-refractivity contribution in [1.82, 2.24) is 4.90 Å². The van der Waals surface area contributed by atoms with Crippen LogP contribution in [0.5, 0.6) is 0 Å². The fourth-order valence-electron chi connectivity index (χ4n) is 1.36. The van der Waals surface area contributed by atoms with E-state index in [1.807, 2.05) is 0 Å². The number of carbonyl (C=O) groups is 3. The molecule has 4 N–H and O–H groups in total. The van der Waals surface area contributed by atoms with Crippen LogP contribution in [-0.4, -0.2) is 48.4 Å². The maximum Gasteiger partial charge on any atom is 0.307 e. The van der Waals surface area contributed by atoms with Crippen LogP contribution >= 0.6 is 0 Å². The third kappa shape index (κ3) is 7.29. The Hall–Kier alpha value is -1.63. The average Bonchev–Trinajstić information content (AvgIpc) is 2.15. The van der Waals surface area contributed by atoms with Crippen LogP contribution in [0.25, 0.3) is 0 Å². The number of ether oxygens (including phenoxy) is 1. The van der Waals surface area contributed by atoms with Gasteiger partial charge in [-0.05, 0) is 13.8 Å². The Labute approximate surface area is 100 Å². The van der Waals surface area contributed by atoms with Gasteiger partial charge in [-0.2, -0.15) is 0 Å². The van der Waals surface area contributed by atoms with Gasteiger partial charge in [0.05, 0.1) is 26.1 Å². The lowest BCUT2D eigenvalue weighted by Gasteiger charge is -2.25. The molecule has 0 aliphatic heterocycles. The maximum atomic E-state index is 11.2. The first kappa shape index (κ1) is 15.4. The summed E-state index contributed by atoms with van der Waals surface area (Å²) in [6, 6.07) is -0.339. The van der Waals surface area contributed by atoms with Gasteiger partial charge in [-0.15, -0.1) is 0 Å². The number of rotatable bonds is 8. The van der Waals surface area contributed by atoms with Gasteiger partial charge < -0.3 is 16.2 Å². The van der Waals surface area contributed by atoms with Crippen molar-refractivity contribution in [3.63, 3.8) is 0 Å². The van der Waals surface area contributed by atoms with Crippen LogP contribution in [0, 0.1) is 0 Å². The summed E-state index contributed by atoms with van der Waals surface area (Å²) in [5.41, 5.74) is 10.1. The van der Waals surface area contributed by atoms with Crippen molar-refractivity contribution in [3.8, 4) is 0 Å². The molecule has 0 aliphatic rings. The number of hydrogen-bond acceptors (Lipinski definition) is 5. The Morgan fingerprint density at radius 3 is 2.00 bits per heavy atom. The van der Waals surface area contributed by atoms with Gasteiger partial charge in [0, 0.05) is 6.04 Å². The Kier molecular flexibility index (Phi) is 6.88. The zero-order valence-corrected chi connectivity index (χ0v) is 10.1. The Bertz CT molecular complexity index is 277. The van der Waals surface area contributed by atoms with Gasteiger partial charge in [-0.25, -0.2) is 0 Å². The van der Waals surface area contributed by atoms with Crippen LogP contribution < -0.4 is 11.5 Å². The molecule has 0 fully saturated rings. The van der Waals surface area contributed by atoms with Crippen LogP contribution in [0.3, 0.4) is 0 Å². The molecule has 17 heavy (non-hydrogen) atoms. The van der Waals surface area contributed by atoms with E-state index in [1.165, 1.54) is 4.90 Å². The van der Waals surface area contributed by atoms with Crippen LogP contribution in [0.4, 0.5) is 0 Å². The van der Waals surface area contributed by atoms with E-state index in [2.05, 4.69) is 0 Å². The molecular weight excluding hydrogens is 226 g/mol. The molecule has 0 radical (unpaired) electrons. The predicted molar refractivity (Wildman–Crippen MR) is 60.7 cm³/mol. The summed E-state index contributed by atoms with van der Waals surface area (Å²) in [7, 11) is 0. The van der Waals surface area contributed by atoms with E-state index in [1.54, 1.807) is 13.8 Å². The van der Waals surface area contributed by atoms with E-state index in [0.29, 0.717) is 0 Å². The molecule has 98 valence electrons. The van der Waals surface area contributed by atoms with Crippen molar-refractivity contribution in [2.45, 2.75) is 26.3 Å². The molecule has 0 rings (SSSR count). The summed E-state index contributed by atoms with van der Waals surface area (Å²) in [5, 5.41) is 0. The summed E-state index contributed by atoms with van der Waals surface area (Å²) in [4.78, 5) is 34.3. The number of nitrogens with zero attached hydrogens (tertiary/aromatic N) is 1. The van der Waals surface area contributed by atoms with Crippen LogP contribution in [0.2, 0.25) is 0 Å². The Balaban J connectivity index is 4.40. The Morgan fingerprint density at radius 1 is 1.18 bits per heavy atom. The van der Waals surface area contributed by atoms with E-state index < -0.39 is 11.8 Å². The second-order valence-electron chi connectivity index (χ2n) is 3.70. The van der Waals surface area contributed by atoms with Gasteiger partial charge in [-0.1, -0.05) is 0 Å². The molecular formula is C10H19N3O4. The normalized spacial score (nSPS) is 12.2. The molecule has 0 spiro atoms. The smallest absolute Gasteiger partial charge is 0.307 e. The van der Waals surface area contributed by atoms with E-state index in [0.717, 1.165) is 0 Å². The molecule has 0 aromatic rings. The largest absolute Gasteiger partial charge is 0.466 e. The van der Waals surface area contributed by atoms with Gasteiger partial charge in [0.25, 0.3) is 0 Å². The van der Waals surface area contributed by atoms with E-state index >= 15 is 0 Å². The zero-order valence-electron chi connectivity index (χ0n) is 10.1. The summed E-state index contributed by atoms with van der Waals surface area (Å²) >= 11 is 0. The standard InChI is InChI=1S/C10H19N3O4/c1-3-17-10(16)4-7(2)13(5-8(11)14)6-9(12)15/h7H,3-6H2,1-2H3,(H2,11,14)(H2,12,15). The van der Waals surface area contributed by atoms with Gasteiger partial charge >= 0.3 is 5.97 Å². The van der Waals surface area contributed by atoms with Gasteiger partial charge in [-0.3, -0.25) is 19.3 Å². The Morgan fingerprint density at radius 2 is 1.65 bits per heavy atom. The van der Waals surface area contributed by atoms with E-state index in [-0.39, 0.29) is 38.1 Å². The van der Waals surface area contributed by atoms with Crippen molar-refractivity contribution in [3.05, 3.63) is 0 Å². The highest BCUT2D eigenvalue weighted by Crippen LogP contribution is 2.04. The topological polar surface area (TPSA) is 116 Å². The van der Waals surface area contributed by atoms with E-state index in [9.17, 15) is 14.4 Å². The molecule has 0 aliphatic carbocycles. The summed E-state index contributed by atoms with van der Waals surface area (Å²) < 4.78 is 4.77. The summed E-state index contributed by atoms with van der Waals surface area (Å²) in [5.74, 6) is -1.55. The third-order valence-electron chi connectivity index (χ3n) is 2.11. The third-order valence-corrected chi connectivity index (χ3v) is 2.11. The lowest BCUT2D eigenvalue weighted by molar-refractivity contribution is -0.145. The monoisotopic (exact) mass is 245 g/mol. The van der Waals surface area contributed by atoms with Crippen molar-refractivity contribution in [2.75, 3.05) is 19.7 Å². The van der Waals surface area contributed by atoms with Crippen molar-refractivity contribution < 1.29 is 19.1 Å². The quantitative estimate of drug-likeness (QED) is 0.510. The molecule has 1 atom stereocenters. The molecule has 2 amide bonds. The van der Waals surface area contributed by atoms with Crippen LogP contribution in [-0.2, 0) is 19.1 Å². The molecule has 0 bridgehead atoms. The predicted octanol–water partition coefficient (Wildman–Crippen LogP) is -1.40. The van der Waals surface area contributed by atoms with Gasteiger partial charge in [0.15, 0.2) is 0 Å². The maximum absolute atomic E-state index is 11.2. The second-order valence-corrected chi connectivity index (χ2v) is 3.70. The number of carbonyl (C=O) groups excluding carboxylic acids is 3. The minimum Gasteiger partial charge on any atom is -0.466 e. The molecule has 7 heteroatoms. The first-order valence-corrected chi connectivity index (χ1v) is 5.33. The minimum absolute atomic E-state index is 0.0778. The van der Waals surface area contributed by atoms with Crippen LogP contribution in [0.15, 0.2) is 0 Å². The zero-order chi connectivity index (χ0) is 13.4. The molecule has 0 saturated carbocycles. The van der Waals surface area contributed by atoms with Crippen molar-refractivity contribution >= 4 is 17.8 Å². The first-order valence-electron chi connectivity index (χ1n) is 5.33. The number of esters is 1. The fraction of sp³-hybridized carbons (Fsp3) is 0.700. The highest BCUT2D eigenvalue weighted by Gasteiger charge is 2.20. The highest BCUT2D eigenvalue weighted by molar-refractivity contribution is 5.79. The summed E-state index contributed by atoms with van der Waals surface area (Å²) in [6.07, 6.45) is 0.0778. The minimum atomic E-state index is -0.582. The molecule has 0 heterocycles. The number of nitrogens with two attached hydrogens (primary N) is 2. The lowest BCUT2D eigenvalue weighted by atomic mass is 10.2. The van der Waals surface area contributed by atoms with Crippen molar-refractivity contribution in [2.24, 2.45) is 11.5 Å².